The van der Waals surface area contributed by atoms with E-state index in [1.807, 2.05) is 20.9 Å². The van der Waals surface area contributed by atoms with Gasteiger partial charge in [0, 0.05) is 25.2 Å². The molecular formula is C9H16ClN3O. The van der Waals surface area contributed by atoms with Gasteiger partial charge in [-0.2, -0.15) is 5.10 Å². The van der Waals surface area contributed by atoms with Crippen LogP contribution < -0.4 is 5.32 Å². The van der Waals surface area contributed by atoms with Gasteiger partial charge in [-0.15, -0.1) is 0 Å². The normalized spacial score (nSPS) is 13.2. The smallest absolute Gasteiger partial charge is 0.131 e. The molecule has 1 unspecified atom stereocenters. The van der Waals surface area contributed by atoms with Crippen molar-refractivity contribution in [2.75, 3.05) is 6.61 Å². The number of hydrogen-bond acceptors (Lipinski definition) is 3. The summed E-state index contributed by atoms with van der Waals surface area (Å²) in [6.07, 6.45) is 0. The Balaban J connectivity index is 2.67. The van der Waals surface area contributed by atoms with Gasteiger partial charge in [0.15, 0.2) is 0 Å². The van der Waals surface area contributed by atoms with Crippen molar-refractivity contribution in [3.63, 3.8) is 0 Å². The van der Waals surface area contributed by atoms with Crippen LogP contribution in [0.5, 0.6) is 0 Å². The molecule has 2 N–H and O–H groups in total. The Morgan fingerprint density at radius 1 is 1.64 bits per heavy atom. The summed E-state index contributed by atoms with van der Waals surface area (Å²) in [6, 6.07) is 0.0747. The third-order valence-electron chi connectivity index (χ3n) is 2.17. The summed E-state index contributed by atoms with van der Waals surface area (Å²) in [4.78, 5) is 0. The first-order valence-electron chi connectivity index (χ1n) is 4.58. The second kappa shape index (κ2) is 4.77. The van der Waals surface area contributed by atoms with E-state index in [1.54, 1.807) is 4.68 Å². The van der Waals surface area contributed by atoms with Crippen molar-refractivity contribution >= 4 is 11.6 Å². The van der Waals surface area contributed by atoms with E-state index in [0.29, 0.717) is 11.7 Å². The molecule has 0 aliphatic rings. The molecule has 5 heteroatoms. The van der Waals surface area contributed by atoms with Gasteiger partial charge in [0.2, 0.25) is 0 Å². The van der Waals surface area contributed by atoms with Crippen LogP contribution in [0.4, 0.5) is 0 Å². The highest BCUT2D eigenvalue weighted by Crippen LogP contribution is 2.18. The molecule has 0 saturated heterocycles. The summed E-state index contributed by atoms with van der Waals surface area (Å²) in [6.45, 7) is 4.60. The van der Waals surface area contributed by atoms with E-state index in [1.165, 1.54) is 0 Å². The zero-order chi connectivity index (χ0) is 10.7. The molecule has 0 aliphatic heterocycles. The Hall–Kier alpha value is -0.580. The van der Waals surface area contributed by atoms with Crippen LogP contribution in [0.25, 0.3) is 0 Å². The monoisotopic (exact) mass is 217 g/mol. The Labute approximate surface area is 88.9 Å². The van der Waals surface area contributed by atoms with Crippen molar-refractivity contribution in [1.29, 1.82) is 0 Å². The van der Waals surface area contributed by atoms with Crippen LogP contribution in [-0.2, 0) is 13.6 Å². The van der Waals surface area contributed by atoms with Gasteiger partial charge < -0.3 is 10.4 Å². The van der Waals surface area contributed by atoms with Crippen LogP contribution in [0, 0.1) is 6.92 Å². The molecule has 0 fully saturated rings. The first kappa shape index (κ1) is 11.5. The fraction of sp³-hybridized carbons (Fsp3) is 0.667. The topological polar surface area (TPSA) is 50.1 Å². The fourth-order valence-electron chi connectivity index (χ4n) is 1.22. The summed E-state index contributed by atoms with van der Waals surface area (Å²) in [5.41, 5.74) is 1.92. The molecule has 1 heterocycles. The number of hydrogen-bond donors (Lipinski definition) is 2. The Kier molecular flexibility index (Phi) is 3.92. The van der Waals surface area contributed by atoms with Crippen molar-refractivity contribution < 1.29 is 5.11 Å². The average Bonchev–Trinajstić information content (AvgIpc) is 2.39. The highest BCUT2D eigenvalue weighted by atomic mass is 35.5. The Morgan fingerprint density at radius 3 is 2.71 bits per heavy atom. The van der Waals surface area contributed by atoms with E-state index in [0.717, 1.165) is 11.3 Å². The van der Waals surface area contributed by atoms with Gasteiger partial charge in [-0.3, -0.25) is 4.68 Å². The Bertz CT molecular complexity index is 311. The number of aliphatic hydroxyl groups is 1. The third-order valence-corrected chi connectivity index (χ3v) is 2.64. The fourth-order valence-corrected chi connectivity index (χ4v) is 1.46. The Morgan fingerprint density at radius 2 is 2.29 bits per heavy atom. The number of aliphatic hydroxyl groups excluding tert-OH is 1. The molecule has 4 nitrogen and oxygen atoms in total. The van der Waals surface area contributed by atoms with Gasteiger partial charge in [-0.1, -0.05) is 11.6 Å². The van der Waals surface area contributed by atoms with Crippen LogP contribution >= 0.6 is 11.6 Å². The van der Waals surface area contributed by atoms with Gasteiger partial charge in [-0.05, 0) is 13.8 Å². The third kappa shape index (κ3) is 2.47. The number of nitrogens with one attached hydrogen (secondary N) is 1. The summed E-state index contributed by atoms with van der Waals surface area (Å²) in [5.74, 6) is 0. The first-order chi connectivity index (χ1) is 6.56. The largest absolute Gasteiger partial charge is 0.395 e. The standard InChI is InChI=1S/C9H16ClN3O/c1-6(5-14)11-4-8-7(2)12-13(3)9(8)10/h6,11,14H,4-5H2,1-3H3. The minimum absolute atomic E-state index is 0.0747. The number of rotatable bonds is 4. The zero-order valence-corrected chi connectivity index (χ0v) is 9.47. The number of halogens is 1. The van der Waals surface area contributed by atoms with Crippen molar-refractivity contribution in [1.82, 2.24) is 15.1 Å². The zero-order valence-electron chi connectivity index (χ0n) is 8.71. The van der Waals surface area contributed by atoms with Crippen LogP contribution in [0.15, 0.2) is 0 Å². The molecule has 0 bridgehead atoms. The van der Waals surface area contributed by atoms with Gasteiger partial charge in [0.25, 0.3) is 0 Å². The lowest BCUT2D eigenvalue weighted by Gasteiger charge is -2.09. The lowest BCUT2D eigenvalue weighted by atomic mass is 10.2. The van der Waals surface area contributed by atoms with Crippen molar-refractivity contribution in [2.45, 2.75) is 26.4 Å². The maximum atomic E-state index is 8.84. The molecule has 80 valence electrons. The van der Waals surface area contributed by atoms with Crippen molar-refractivity contribution in [3.8, 4) is 0 Å². The lowest BCUT2D eigenvalue weighted by Crippen LogP contribution is -2.28. The van der Waals surface area contributed by atoms with Gasteiger partial charge in [-0.25, -0.2) is 0 Å². The number of aryl methyl sites for hydroxylation is 2. The van der Waals surface area contributed by atoms with E-state index in [4.69, 9.17) is 16.7 Å². The van der Waals surface area contributed by atoms with Crippen molar-refractivity contribution in [2.24, 2.45) is 7.05 Å². The number of nitrogens with zero attached hydrogens (tertiary/aromatic N) is 2. The average molecular weight is 218 g/mol. The van der Waals surface area contributed by atoms with Crippen LogP contribution in [-0.4, -0.2) is 27.5 Å². The quantitative estimate of drug-likeness (QED) is 0.787. The van der Waals surface area contributed by atoms with Crippen LogP contribution in [0.1, 0.15) is 18.2 Å². The molecule has 14 heavy (non-hydrogen) atoms. The van der Waals surface area contributed by atoms with Gasteiger partial charge in [0.05, 0.1) is 12.3 Å². The van der Waals surface area contributed by atoms with Crippen molar-refractivity contribution in [3.05, 3.63) is 16.4 Å². The second-order valence-electron chi connectivity index (χ2n) is 3.44. The molecule has 0 aromatic carbocycles. The van der Waals surface area contributed by atoms with E-state index in [2.05, 4.69) is 10.4 Å². The lowest BCUT2D eigenvalue weighted by molar-refractivity contribution is 0.251. The minimum Gasteiger partial charge on any atom is -0.395 e. The SMILES string of the molecule is Cc1nn(C)c(Cl)c1CNC(C)CO. The predicted molar refractivity (Wildman–Crippen MR) is 56.3 cm³/mol. The molecule has 0 radical (unpaired) electrons. The summed E-state index contributed by atoms with van der Waals surface area (Å²) < 4.78 is 1.65. The maximum absolute atomic E-state index is 8.84. The molecule has 0 amide bonds. The highest BCUT2D eigenvalue weighted by molar-refractivity contribution is 6.30. The van der Waals surface area contributed by atoms with Crippen LogP contribution in [0.2, 0.25) is 5.15 Å². The molecule has 0 aliphatic carbocycles. The summed E-state index contributed by atoms with van der Waals surface area (Å²) in [5, 5.41) is 16.8. The molecule has 0 saturated carbocycles. The first-order valence-corrected chi connectivity index (χ1v) is 4.96. The van der Waals surface area contributed by atoms with Gasteiger partial charge in [0.1, 0.15) is 5.15 Å². The predicted octanol–water partition coefficient (Wildman–Crippen LogP) is 0.852. The van der Waals surface area contributed by atoms with E-state index >= 15 is 0 Å². The van der Waals surface area contributed by atoms with Gasteiger partial charge >= 0.3 is 0 Å². The summed E-state index contributed by atoms with van der Waals surface area (Å²) in [7, 11) is 1.81. The van der Waals surface area contributed by atoms with E-state index < -0.39 is 0 Å². The summed E-state index contributed by atoms with van der Waals surface area (Å²) >= 11 is 6.04. The molecule has 1 rings (SSSR count). The highest BCUT2D eigenvalue weighted by Gasteiger charge is 2.11. The molecular weight excluding hydrogens is 202 g/mol. The van der Waals surface area contributed by atoms with E-state index in [9.17, 15) is 0 Å². The molecule has 1 aromatic heterocycles. The maximum Gasteiger partial charge on any atom is 0.131 e. The number of aromatic nitrogens is 2. The molecule has 1 aromatic rings. The second-order valence-corrected chi connectivity index (χ2v) is 3.80. The molecule has 1 atom stereocenters. The minimum atomic E-state index is 0.0747. The van der Waals surface area contributed by atoms with E-state index in [-0.39, 0.29) is 12.6 Å². The van der Waals surface area contributed by atoms with Crippen LogP contribution in [0.3, 0.4) is 0 Å². The molecule has 0 spiro atoms.